The highest BCUT2D eigenvalue weighted by molar-refractivity contribution is 5.85. The van der Waals surface area contributed by atoms with Crippen LogP contribution < -0.4 is 0 Å². The number of piperazine rings is 1. The molecule has 2 aliphatic rings. The number of carbonyl (C=O) groups is 2. The Kier molecular flexibility index (Phi) is 8.10. The Morgan fingerprint density at radius 2 is 1.45 bits per heavy atom. The summed E-state index contributed by atoms with van der Waals surface area (Å²) in [5.74, 6) is 0.111. The van der Waals surface area contributed by atoms with E-state index in [4.69, 9.17) is 4.74 Å². The summed E-state index contributed by atoms with van der Waals surface area (Å²) >= 11 is 0. The van der Waals surface area contributed by atoms with E-state index < -0.39 is 6.04 Å². The van der Waals surface area contributed by atoms with Gasteiger partial charge in [0.15, 0.2) is 0 Å². The molecule has 1 atom stereocenters. The first-order valence-electron chi connectivity index (χ1n) is 11.8. The van der Waals surface area contributed by atoms with Gasteiger partial charge in [-0.3, -0.25) is 19.4 Å². The molecule has 2 amide bonds. The van der Waals surface area contributed by atoms with E-state index in [1.165, 1.54) is 5.56 Å². The van der Waals surface area contributed by atoms with E-state index in [9.17, 15) is 9.59 Å². The fraction of sp³-hybridized carbons (Fsp3) is 0.462. The Morgan fingerprint density at radius 1 is 0.848 bits per heavy atom. The first-order chi connectivity index (χ1) is 16.1. The third kappa shape index (κ3) is 6.19. The Hall–Kier alpha value is -2.74. The van der Waals surface area contributed by atoms with Crippen LogP contribution in [0, 0.1) is 0 Å². The third-order valence-corrected chi connectivity index (χ3v) is 6.47. The average molecular weight is 451 g/mol. The molecule has 176 valence electrons. The molecule has 0 radical (unpaired) electrons. The third-order valence-electron chi connectivity index (χ3n) is 6.47. The number of benzene rings is 2. The van der Waals surface area contributed by atoms with Crippen molar-refractivity contribution in [1.82, 2.24) is 19.6 Å². The van der Waals surface area contributed by atoms with Gasteiger partial charge in [-0.15, -0.1) is 0 Å². The average Bonchev–Trinajstić information content (AvgIpc) is 2.86. The predicted molar refractivity (Wildman–Crippen MR) is 128 cm³/mol. The van der Waals surface area contributed by atoms with Gasteiger partial charge in [0.2, 0.25) is 11.8 Å². The van der Waals surface area contributed by atoms with Crippen LogP contribution in [0.4, 0.5) is 0 Å². The number of ether oxygens (including phenoxy) is 1. The standard InChI is InChI=1S/C26H34N4O3/c1-27(25(23-10-6-3-7-11-23)26(32)30-16-18-33-19-17-30)21-24(31)29-14-12-28(13-15-29)20-22-8-4-2-5-9-22/h2-11,25H,12-21H2,1H3/t25-/m0/s1. The molecule has 2 heterocycles. The van der Waals surface area contributed by atoms with Crippen molar-refractivity contribution < 1.29 is 14.3 Å². The zero-order valence-electron chi connectivity index (χ0n) is 19.4. The number of hydrogen-bond acceptors (Lipinski definition) is 5. The van der Waals surface area contributed by atoms with E-state index in [0.29, 0.717) is 39.4 Å². The molecule has 7 heteroatoms. The molecular weight excluding hydrogens is 416 g/mol. The molecule has 0 unspecified atom stereocenters. The fourth-order valence-corrected chi connectivity index (χ4v) is 4.58. The molecule has 0 N–H and O–H groups in total. The molecule has 0 saturated carbocycles. The van der Waals surface area contributed by atoms with Crippen LogP contribution in [0.2, 0.25) is 0 Å². The molecule has 33 heavy (non-hydrogen) atoms. The number of rotatable bonds is 7. The molecule has 0 aromatic heterocycles. The van der Waals surface area contributed by atoms with Crippen molar-refractivity contribution in [2.75, 3.05) is 66.1 Å². The van der Waals surface area contributed by atoms with Gasteiger partial charge in [0.25, 0.3) is 0 Å². The highest BCUT2D eigenvalue weighted by Crippen LogP contribution is 2.23. The van der Waals surface area contributed by atoms with Crippen molar-refractivity contribution in [3.05, 3.63) is 71.8 Å². The van der Waals surface area contributed by atoms with Gasteiger partial charge in [0, 0.05) is 45.8 Å². The molecule has 0 aliphatic carbocycles. The van der Waals surface area contributed by atoms with Crippen LogP contribution in [-0.2, 0) is 20.9 Å². The maximum absolute atomic E-state index is 13.4. The van der Waals surface area contributed by atoms with E-state index in [1.807, 2.05) is 58.1 Å². The molecule has 4 rings (SSSR count). The summed E-state index contributed by atoms with van der Waals surface area (Å²) in [4.78, 5) is 34.6. The number of nitrogens with zero attached hydrogens (tertiary/aromatic N) is 4. The molecule has 2 fully saturated rings. The summed E-state index contributed by atoms with van der Waals surface area (Å²) in [6.07, 6.45) is 0. The fourth-order valence-electron chi connectivity index (χ4n) is 4.58. The van der Waals surface area contributed by atoms with Crippen LogP contribution in [0.5, 0.6) is 0 Å². The van der Waals surface area contributed by atoms with Crippen molar-refractivity contribution in [2.45, 2.75) is 12.6 Å². The number of amides is 2. The Labute approximate surface area is 196 Å². The van der Waals surface area contributed by atoms with Crippen LogP contribution in [0.3, 0.4) is 0 Å². The lowest BCUT2D eigenvalue weighted by Gasteiger charge is -2.37. The topological polar surface area (TPSA) is 56.3 Å². The summed E-state index contributed by atoms with van der Waals surface area (Å²) in [6.45, 7) is 6.58. The largest absolute Gasteiger partial charge is 0.378 e. The maximum Gasteiger partial charge on any atom is 0.244 e. The normalized spacial score (nSPS) is 18.4. The molecule has 7 nitrogen and oxygen atoms in total. The van der Waals surface area contributed by atoms with Crippen molar-refractivity contribution >= 4 is 11.8 Å². The van der Waals surface area contributed by atoms with Crippen molar-refractivity contribution in [3.8, 4) is 0 Å². The second kappa shape index (κ2) is 11.4. The molecule has 0 bridgehead atoms. The minimum atomic E-state index is -0.479. The second-order valence-electron chi connectivity index (χ2n) is 8.81. The summed E-state index contributed by atoms with van der Waals surface area (Å²) in [7, 11) is 1.87. The number of carbonyl (C=O) groups excluding carboxylic acids is 2. The van der Waals surface area contributed by atoms with Gasteiger partial charge in [-0.05, 0) is 18.2 Å². The lowest BCUT2D eigenvalue weighted by Crippen LogP contribution is -2.52. The van der Waals surface area contributed by atoms with Gasteiger partial charge in [-0.2, -0.15) is 0 Å². The van der Waals surface area contributed by atoms with Gasteiger partial charge in [0.1, 0.15) is 6.04 Å². The van der Waals surface area contributed by atoms with Crippen molar-refractivity contribution in [3.63, 3.8) is 0 Å². The molecule has 2 aliphatic heterocycles. The molecule has 2 aromatic carbocycles. The van der Waals surface area contributed by atoms with Crippen LogP contribution in [-0.4, -0.2) is 97.5 Å². The molecule has 2 aromatic rings. The maximum atomic E-state index is 13.4. The second-order valence-corrected chi connectivity index (χ2v) is 8.81. The van der Waals surface area contributed by atoms with E-state index in [1.54, 1.807) is 0 Å². The smallest absolute Gasteiger partial charge is 0.244 e. The summed E-state index contributed by atoms with van der Waals surface area (Å²) in [5.41, 5.74) is 2.21. The van der Waals surface area contributed by atoms with Gasteiger partial charge in [-0.1, -0.05) is 60.7 Å². The van der Waals surface area contributed by atoms with Crippen LogP contribution in [0.15, 0.2) is 60.7 Å². The number of likely N-dealkylation sites (N-methyl/N-ethyl adjacent to an activating group) is 1. The van der Waals surface area contributed by atoms with Crippen molar-refractivity contribution in [1.29, 1.82) is 0 Å². The minimum absolute atomic E-state index is 0.0347. The quantitative estimate of drug-likeness (QED) is 0.645. The highest BCUT2D eigenvalue weighted by atomic mass is 16.5. The zero-order valence-corrected chi connectivity index (χ0v) is 19.4. The van der Waals surface area contributed by atoms with Gasteiger partial charge >= 0.3 is 0 Å². The Balaban J connectivity index is 1.36. The first kappa shape index (κ1) is 23.4. The van der Waals surface area contributed by atoms with Gasteiger partial charge in [0.05, 0.1) is 19.8 Å². The summed E-state index contributed by atoms with van der Waals surface area (Å²) in [6, 6.07) is 19.7. The lowest BCUT2D eigenvalue weighted by atomic mass is 10.0. The molecular formula is C26H34N4O3. The Bertz CT molecular complexity index is 894. The minimum Gasteiger partial charge on any atom is -0.378 e. The van der Waals surface area contributed by atoms with Gasteiger partial charge in [-0.25, -0.2) is 0 Å². The van der Waals surface area contributed by atoms with Crippen LogP contribution in [0.1, 0.15) is 17.2 Å². The zero-order chi connectivity index (χ0) is 23.0. The SMILES string of the molecule is CN(CC(=O)N1CCN(Cc2ccccc2)CC1)[C@H](C(=O)N1CCOCC1)c1ccccc1. The lowest BCUT2D eigenvalue weighted by molar-refractivity contribution is -0.143. The first-order valence-corrected chi connectivity index (χ1v) is 11.8. The van der Waals surface area contributed by atoms with E-state index in [2.05, 4.69) is 29.2 Å². The van der Waals surface area contributed by atoms with E-state index >= 15 is 0 Å². The monoisotopic (exact) mass is 450 g/mol. The molecule has 0 spiro atoms. The highest BCUT2D eigenvalue weighted by Gasteiger charge is 2.32. The van der Waals surface area contributed by atoms with Crippen LogP contribution in [0.25, 0.3) is 0 Å². The Morgan fingerprint density at radius 3 is 2.09 bits per heavy atom. The van der Waals surface area contributed by atoms with E-state index in [-0.39, 0.29) is 18.4 Å². The van der Waals surface area contributed by atoms with Gasteiger partial charge < -0.3 is 14.5 Å². The summed E-state index contributed by atoms with van der Waals surface area (Å²) < 4.78 is 5.41. The molecule has 2 saturated heterocycles. The predicted octanol–water partition coefficient (Wildman–Crippen LogP) is 1.86. The van der Waals surface area contributed by atoms with Crippen molar-refractivity contribution in [2.24, 2.45) is 0 Å². The summed E-state index contributed by atoms with van der Waals surface area (Å²) in [5, 5.41) is 0. The number of hydrogen-bond donors (Lipinski definition) is 0. The van der Waals surface area contributed by atoms with E-state index in [0.717, 1.165) is 25.2 Å². The number of morpholine rings is 1. The van der Waals surface area contributed by atoms with Crippen LogP contribution >= 0.6 is 0 Å².